The number of H-pyrrole nitrogens is 1. The highest BCUT2D eigenvalue weighted by Crippen LogP contribution is 2.32. The van der Waals surface area contributed by atoms with Gasteiger partial charge in [0.2, 0.25) is 0 Å². The van der Waals surface area contributed by atoms with Crippen LogP contribution in [0.3, 0.4) is 0 Å². The zero-order chi connectivity index (χ0) is 20.7. The van der Waals surface area contributed by atoms with E-state index in [1.807, 2.05) is 18.4 Å². The summed E-state index contributed by atoms with van der Waals surface area (Å²) in [6, 6.07) is 13.6. The minimum absolute atomic E-state index is 0.0205. The molecule has 1 N–H and O–H groups in total. The summed E-state index contributed by atoms with van der Waals surface area (Å²) in [5.74, 6) is -0.160. The fourth-order valence-electron chi connectivity index (χ4n) is 4.29. The lowest BCUT2D eigenvalue weighted by molar-refractivity contribution is 0.261. The molecule has 1 aliphatic heterocycles. The summed E-state index contributed by atoms with van der Waals surface area (Å²) < 4.78 is 15.0. The van der Waals surface area contributed by atoms with Crippen molar-refractivity contribution in [2.24, 2.45) is 0 Å². The molecule has 6 heteroatoms. The van der Waals surface area contributed by atoms with Gasteiger partial charge in [-0.05, 0) is 60.0 Å². The van der Waals surface area contributed by atoms with E-state index in [2.05, 4.69) is 39.0 Å². The highest BCUT2D eigenvalue weighted by molar-refractivity contribution is 7.17. The van der Waals surface area contributed by atoms with Crippen LogP contribution in [0.5, 0.6) is 0 Å². The first-order valence-corrected chi connectivity index (χ1v) is 11.2. The maximum absolute atomic E-state index is 14.0. The van der Waals surface area contributed by atoms with E-state index in [0.29, 0.717) is 0 Å². The van der Waals surface area contributed by atoms with Gasteiger partial charge in [0, 0.05) is 59.6 Å². The Bertz CT molecular complexity index is 1270. The van der Waals surface area contributed by atoms with Gasteiger partial charge < -0.3 is 9.88 Å². The Morgan fingerprint density at radius 1 is 1.07 bits per heavy atom. The van der Waals surface area contributed by atoms with E-state index in [0.717, 1.165) is 71.4 Å². The fourth-order valence-corrected chi connectivity index (χ4v) is 5.12. The van der Waals surface area contributed by atoms with Crippen LogP contribution in [0.15, 0.2) is 52.6 Å². The summed E-state index contributed by atoms with van der Waals surface area (Å²) >= 11 is 1.59. The number of benzene rings is 2. The van der Waals surface area contributed by atoms with Crippen LogP contribution in [0.2, 0.25) is 0 Å². The van der Waals surface area contributed by atoms with Crippen molar-refractivity contribution in [3.8, 4) is 0 Å². The first kappa shape index (κ1) is 19.3. The second-order valence-electron chi connectivity index (χ2n) is 8.04. The van der Waals surface area contributed by atoms with Gasteiger partial charge in [0.15, 0.2) is 0 Å². The quantitative estimate of drug-likeness (QED) is 0.525. The highest BCUT2D eigenvalue weighted by Gasteiger charge is 2.19. The van der Waals surface area contributed by atoms with E-state index in [-0.39, 0.29) is 11.4 Å². The van der Waals surface area contributed by atoms with Crippen molar-refractivity contribution in [3.63, 3.8) is 0 Å². The van der Waals surface area contributed by atoms with Gasteiger partial charge in [-0.2, -0.15) is 0 Å². The number of rotatable bonds is 4. The Morgan fingerprint density at radius 3 is 2.73 bits per heavy atom. The smallest absolute Gasteiger partial charge is 0.251 e. The zero-order valence-corrected chi connectivity index (χ0v) is 17.8. The second kappa shape index (κ2) is 7.85. The molecule has 4 aromatic rings. The molecule has 0 aliphatic carbocycles. The number of aryl methyl sites for hydroxylation is 1. The van der Waals surface area contributed by atoms with Gasteiger partial charge in [-0.25, -0.2) is 4.39 Å². The van der Waals surface area contributed by atoms with Gasteiger partial charge in [0.1, 0.15) is 5.82 Å². The molecule has 2 aromatic carbocycles. The molecular formula is C24H24FN3OS. The first-order chi connectivity index (χ1) is 14.6. The van der Waals surface area contributed by atoms with Crippen molar-refractivity contribution in [2.45, 2.75) is 13.3 Å². The van der Waals surface area contributed by atoms with Crippen molar-refractivity contribution < 1.29 is 4.39 Å². The summed E-state index contributed by atoms with van der Waals surface area (Å²) in [5, 5.41) is 4.25. The molecular weight excluding hydrogens is 397 g/mol. The molecule has 4 nitrogen and oxygen atoms in total. The molecule has 2 aromatic heterocycles. The SMILES string of the molecule is Cc1cc2ccc(CCN3CCN(c4cc(F)cc5sccc45)CC3)cc2[nH]c1=O. The lowest BCUT2D eigenvalue weighted by Gasteiger charge is -2.36. The van der Waals surface area contributed by atoms with Crippen LogP contribution in [-0.2, 0) is 6.42 Å². The highest BCUT2D eigenvalue weighted by atomic mass is 32.1. The molecule has 1 saturated heterocycles. The van der Waals surface area contributed by atoms with Gasteiger partial charge >= 0.3 is 0 Å². The summed E-state index contributed by atoms with van der Waals surface area (Å²) in [6.45, 7) is 6.54. The molecule has 1 aliphatic rings. The topological polar surface area (TPSA) is 39.3 Å². The van der Waals surface area contributed by atoms with Gasteiger partial charge in [0.05, 0.1) is 0 Å². The number of nitrogens with zero attached hydrogens (tertiary/aromatic N) is 2. The standard InChI is InChI=1S/C24H24FN3OS/c1-16-12-18-3-2-17(13-21(18)26-24(16)29)4-6-27-7-9-28(10-8-27)22-14-19(25)15-23-20(22)5-11-30-23/h2-3,5,11-15H,4,6-10H2,1H3,(H,26,29). The molecule has 154 valence electrons. The summed E-state index contributed by atoms with van der Waals surface area (Å²) in [5.41, 5.74) is 3.87. The van der Waals surface area contributed by atoms with Crippen LogP contribution in [0.25, 0.3) is 21.0 Å². The number of thiophene rings is 1. The Kier molecular flexibility index (Phi) is 5.05. The van der Waals surface area contributed by atoms with Crippen LogP contribution >= 0.6 is 11.3 Å². The molecule has 1 fully saturated rings. The zero-order valence-electron chi connectivity index (χ0n) is 17.0. The van der Waals surface area contributed by atoms with Gasteiger partial charge in [-0.3, -0.25) is 9.69 Å². The van der Waals surface area contributed by atoms with Gasteiger partial charge in [-0.15, -0.1) is 11.3 Å². The number of nitrogens with one attached hydrogen (secondary N) is 1. The normalized spacial score (nSPS) is 15.3. The average molecular weight is 422 g/mol. The maximum atomic E-state index is 14.0. The Morgan fingerprint density at radius 2 is 1.90 bits per heavy atom. The average Bonchev–Trinajstić information content (AvgIpc) is 3.21. The minimum Gasteiger partial charge on any atom is -0.368 e. The third-order valence-electron chi connectivity index (χ3n) is 6.04. The number of piperazine rings is 1. The number of fused-ring (bicyclic) bond motifs is 2. The molecule has 0 spiro atoms. The molecule has 0 bridgehead atoms. The third kappa shape index (κ3) is 3.73. The van der Waals surface area contributed by atoms with Gasteiger partial charge in [0.25, 0.3) is 5.56 Å². The van der Waals surface area contributed by atoms with E-state index >= 15 is 0 Å². The van der Waals surface area contributed by atoms with Crippen molar-refractivity contribution in [2.75, 3.05) is 37.6 Å². The van der Waals surface area contributed by atoms with Crippen molar-refractivity contribution in [1.29, 1.82) is 0 Å². The summed E-state index contributed by atoms with van der Waals surface area (Å²) in [7, 11) is 0. The minimum atomic E-state index is -0.160. The molecule has 30 heavy (non-hydrogen) atoms. The van der Waals surface area contributed by atoms with Crippen LogP contribution in [0.1, 0.15) is 11.1 Å². The lowest BCUT2D eigenvalue weighted by Crippen LogP contribution is -2.47. The first-order valence-electron chi connectivity index (χ1n) is 10.3. The largest absolute Gasteiger partial charge is 0.368 e. The number of anilines is 1. The fraction of sp³-hybridized carbons (Fsp3) is 0.292. The van der Waals surface area contributed by atoms with Gasteiger partial charge in [-0.1, -0.05) is 12.1 Å². The monoisotopic (exact) mass is 421 g/mol. The van der Waals surface area contributed by atoms with Crippen LogP contribution in [-0.4, -0.2) is 42.6 Å². The van der Waals surface area contributed by atoms with E-state index < -0.39 is 0 Å². The van der Waals surface area contributed by atoms with Crippen molar-refractivity contribution in [3.05, 3.63) is 75.1 Å². The van der Waals surface area contributed by atoms with Crippen molar-refractivity contribution in [1.82, 2.24) is 9.88 Å². The second-order valence-corrected chi connectivity index (χ2v) is 8.99. The predicted octanol–water partition coefficient (Wildman–Crippen LogP) is 4.56. The van der Waals surface area contributed by atoms with E-state index in [1.54, 1.807) is 23.5 Å². The molecule has 0 radical (unpaired) electrons. The van der Waals surface area contributed by atoms with E-state index in [4.69, 9.17) is 0 Å². The predicted molar refractivity (Wildman–Crippen MR) is 123 cm³/mol. The number of aromatic nitrogens is 1. The van der Waals surface area contributed by atoms with Crippen LogP contribution < -0.4 is 10.5 Å². The van der Waals surface area contributed by atoms with E-state index in [1.165, 1.54) is 5.56 Å². The van der Waals surface area contributed by atoms with E-state index in [9.17, 15) is 9.18 Å². The Hall–Kier alpha value is -2.70. The molecule has 0 saturated carbocycles. The molecule has 0 amide bonds. The number of hydrogen-bond acceptors (Lipinski definition) is 4. The number of halogens is 1. The third-order valence-corrected chi connectivity index (χ3v) is 6.90. The number of aromatic amines is 1. The summed E-state index contributed by atoms with van der Waals surface area (Å²) in [4.78, 5) is 19.6. The van der Waals surface area contributed by atoms with Crippen LogP contribution in [0.4, 0.5) is 10.1 Å². The van der Waals surface area contributed by atoms with Crippen LogP contribution in [0, 0.1) is 12.7 Å². The lowest BCUT2D eigenvalue weighted by atomic mass is 10.1. The Labute approximate surface area is 178 Å². The molecule has 0 unspecified atom stereocenters. The molecule has 0 atom stereocenters. The van der Waals surface area contributed by atoms with Crippen molar-refractivity contribution >= 4 is 38.0 Å². The number of pyridine rings is 1. The Balaban J connectivity index is 1.23. The maximum Gasteiger partial charge on any atom is 0.251 e. The molecule has 5 rings (SSSR count). The summed E-state index contributed by atoms with van der Waals surface area (Å²) in [6.07, 6.45) is 0.945. The molecule has 3 heterocycles. The number of hydrogen-bond donors (Lipinski definition) is 1.